The number of hydrogen-bond acceptors (Lipinski definition) is 4. The minimum Gasteiger partial charge on any atom is -0.331 e. The lowest BCUT2D eigenvalue weighted by atomic mass is 10.1. The molecular formula is C15H17N5OS. The van der Waals surface area contributed by atoms with Gasteiger partial charge >= 0.3 is 6.03 Å². The van der Waals surface area contributed by atoms with Crippen molar-refractivity contribution < 1.29 is 4.79 Å². The maximum atomic E-state index is 12.1. The van der Waals surface area contributed by atoms with E-state index >= 15 is 0 Å². The summed E-state index contributed by atoms with van der Waals surface area (Å²) in [6.45, 7) is 3.91. The minimum atomic E-state index is -0.269. The van der Waals surface area contributed by atoms with Crippen LogP contribution in [0.25, 0.3) is 10.2 Å². The monoisotopic (exact) mass is 315 g/mol. The molecule has 1 aromatic carbocycles. The first kappa shape index (κ1) is 14.5. The van der Waals surface area contributed by atoms with Gasteiger partial charge in [-0.3, -0.25) is 10.00 Å². The van der Waals surface area contributed by atoms with Crippen molar-refractivity contribution in [1.82, 2.24) is 20.1 Å². The van der Waals surface area contributed by atoms with E-state index < -0.39 is 0 Å². The van der Waals surface area contributed by atoms with Crippen molar-refractivity contribution in [2.75, 3.05) is 5.32 Å². The Kier molecular flexibility index (Phi) is 3.81. The molecule has 0 saturated heterocycles. The standard InChI is InChI=1S/C15H17N5OS/c1-9(11-8-16-20(3)10(11)2)17-14(21)19-15-18-12-6-4-5-7-13(12)22-15/h4-9H,1-3H3,(H2,17,18,19,21). The number of nitrogens with zero attached hydrogens (tertiary/aromatic N) is 3. The third-order valence-electron chi connectivity index (χ3n) is 3.60. The summed E-state index contributed by atoms with van der Waals surface area (Å²) in [4.78, 5) is 16.5. The summed E-state index contributed by atoms with van der Waals surface area (Å²) in [5.41, 5.74) is 2.92. The molecule has 1 unspecified atom stereocenters. The van der Waals surface area contributed by atoms with E-state index in [0.717, 1.165) is 21.5 Å². The summed E-state index contributed by atoms with van der Waals surface area (Å²) < 4.78 is 2.84. The van der Waals surface area contributed by atoms with Gasteiger partial charge in [-0.15, -0.1) is 0 Å². The van der Waals surface area contributed by atoms with Crippen LogP contribution in [0.2, 0.25) is 0 Å². The molecule has 0 aliphatic heterocycles. The zero-order valence-corrected chi connectivity index (χ0v) is 13.4. The second-order valence-electron chi connectivity index (χ2n) is 5.12. The number of benzene rings is 1. The summed E-state index contributed by atoms with van der Waals surface area (Å²) in [6, 6.07) is 7.41. The number of rotatable bonds is 3. The number of hydrogen-bond donors (Lipinski definition) is 2. The zero-order chi connectivity index (χ0) is 15.7. The quantitative estimate of drug-likeness (QED) is 0.779. The predicted molar refractivity (Wildman–Crippen MR) is 88.1 cm³/mol. The molecule has 3 aromatic rings. The van der Waals surface area contributed by atoms with E-state index in [4.69, 9.17) is 0 Å². The molecular weight excluding hydrogens is 298 g/mol. The number of carbonyl (C=O) groups is 1. The van der Waals surface area contributed by atoms with Crippen LogP contribution < -0.4 is 10.6 Å². The van der Waals surface area contributed by atoms with Crippen LogP contribution in [-0.4, -0.2) is 20.8 Å². The molecule has 22 heavy (non-hydrogen) atoms. The third-order valence-corrected chi connectivity index (χ3v) is 4.55. The molecule has 0 saturated carbocycles. The van der Waals surface area contributed by atoms with Gasteiger partial charge < -0.3 is 5.32 Å². The molecule has 6 nitrogen and oxygen atoms in total. The highest BCUT2D eigenvalue weighted by Gasteiger charge is 2.15. The molecule has 0 fully saturated rings. The van der Waals surface area contributed by atoms with E-state index in [0.29, 0.717) is 5.13 Å². The number of aromatic nitrogens is 3. The average Bonchev–Trinajstić information content (AvgIpc) is 3.02. The van der Waals surface area contributed by atoms with E-state index in [1.807, 2.05) is 45.2 Å². The van der Waals surface area contributed by atoms with Gasteiger partial charge in [-0.25, -0.2) is 9.78 Å². The Morgan fingerprint density at radius 2 is 2.14 bits per heavy atom. The van der Waals surface area contributed by atoms with Crippen molar-refractivity contribution in [3.63, 3.8) is 0 Å². The van der Waals surface area contributed by atoms with Gasteiger partial charge in [0.25, 0.3) is 0 Å². The Balaban J connectivity index is 1.68. The van der Waals surface area contributed by atoms with Crippen molar-refractivity contribution in [1.29, 1.82) is 0 Å². The van der Waals surface area contributed by atoms with Gasteiger partial charge in [-0.05, 0) is 26.0 Å². The molecule has 3 rings (SSSR count). The van der Waals surface area contributed by atoms with Gasteiger partial charge in [0.05, 0.1) is 22.5 Å². The number of nitrogens with one attached hydrogen (secondary N) is 2. The third kappa shape index (κ3) is 2.80. The lowest BCUT2D eigenvalue weighted by molar-refractivity contribution is 0.249. The number of anilines is 1. The highest BCUT2D eigenvalue weighted by molar-refractivity contribution is 7.22. The largest absolute Gasteiger partial charge is 0.331 e. The van der Waals surface area contributed by atoms with Crippen LogP contribution in [0.5, 0.6) is 0 Å². The topological polar surface area (TPSA) is 71.8 Å². The van der Waals surface area contributed by atoms with E-state index in [9.17, 15) is 4.79 Å². The van der Waals surface area contributed by atoms with Crippen LogP contribution in [0.4, 0.5) is 9.93 Å². The first-order chi connectivity index (χ1) is 10.5. The van der Waals surface area contributed by atoms with Gasteiger partial charge in [0.1, 0.15) is 0 Å². The normalized spacial score (nSPS) is 12.3. The molecule has 0 aliphatic rings. The number of para-hydroxylation sites is 1. The fourth-order valence-electron chi connectivity index (χ4n) is 2.27. The molecule has 2 N–H and O–H groups in total. The van der Waals surface area contributed by atoms with Crippen LogP contribution >= 0.6 is 11.3 Å². The maximum absolute atomic E-state index is 12.1. The van der Waals surface area contributed by atoms with Crippen LogP contribution in [0, 0.1) is 6.92 Å². The van der Waals surface area contributed by atoms with E-state index in [1.165, 1.54) is 11.3 Å². The number of urea groups is 1. The van der Waals surface area contributed by atoms with E-state index in [1.54, 1.807) is 10.9 Å². The van der Waals surface area contributed by atoms with Crippen molar-refractivity contribution in [2.45, 2.75) is 19.9 Å². The molecule has 2 aromatic heterocycles. The molecule has 2 heterocycles. The summed E-state index contributed by atoms with van der Waals surface area (Å²) in [5, 5.41) is 10.5. The maximum Gasteiger partial charge on any atom is 0.321 e. The minimum absolute atomic E-state index is 0.122. The Bertz CT molecular complexity index is 789. The van der Waals surface area contributed by atoms with E-state index in [2.05, 4.69) is 20.7 Å². The fourth-order valence-corrected chi connectivity index (χ4v) is 3.13. The highest BCUT2D eigenvalue weighted by Crippen LogP contribution is 2.25. The number of carbonyl (C=O) groups excluding carboxylic acids is 1. The summed E-state index contributed by atoms with van der Waals surface area (Å²) in [6.07, 6.45) is 1.78. The van der Waals surface area contributed by atoms with E-state index in [-0.39, 0.29) is 12.1 Å². The molecule has 0 bridgehead atoms. The van der Waals surface area contributed by atoms with Gasteiger partial charge in [0.2, 0.25) is 0 Å². The lowest BCUT2D eigenvalue weighted by Gasteiger charge is -2.13. The predicted octanol–water partition coefficient (Wildman–Crippen LogP) is 3.22. The molecule has 1 atom stereocenters. The Labute approximate surface area is 132 Å². The van der Waals surface area contributed by atoms with Crippen LogP contribution in [-0.2, 0) is 7.05 Å². The average molecular weight is 315 g/mol. The molecule has 2 amide bonds. The molecule has 0 radical (unpaired) electrons. The van der Waals surface area contributed by atoms with Gasteiger partial charge in [0, 0.05) is 18.3 Å². The molecule has 0 aliphatic carbocycles. The Morgan fingerprint density at radius 1 is 1.36 bits per heavy atom. The number of thiazole rings is 1. The number of fused-ring (bicyclic) bond motifs is 1. The summed E-state index contributed by atoms with van der Waals surface area (Å²) >= 11 is 1.46. The van der Waals surface area contributed by atoms with Crippen LogP contribution in [0.3, 0.4) is 0 Å². The Hall–Kier alpha value is -2.41. The van der Waals surface area contributed by atoms with Crippen molar-refractivity contribution >= 4 is 32.7 Å². The summed E-state index contributed by atoms with van der Waals surface area (Å²) in [7, 11) is 1.88. The van der Waals surface area contributed by atoms with Gasteiger partial charge in [-0.1, -0.05) is 23.5 Å². The molecule has 7 heteroatoms. The molecule has 0 spiro atoms. The number of aryl methyl sites for hydroxylation is 1. The zero-order valence-electron chi connectivity index (χ0n) is 12.6. The van der Waals surface area contributed by atoms with Gasteiger partial charge in [0.15, 0.2) is 5.13 Å². The molecule has 114 valence electrons. The lowest BCUT2D eigenvalue weighted by Crippen LogP contribution is -2.31. The summed E-state index contributed by atoms with van der Waals surface area (Å²) in [5.74, 6) is 0. The first-order valence-corrected chi connectivity index (χ1v) is 7.78. The van der Waals surface area contributed by atoms with Gasteiger partial charge in [-0.2, -0.15) is 5.10 Å². The first-order valence-electron chi connectivity index (χ1n) is 6.96. The highest BCUT2D eigenvalue weighted by atomic mass is 32.1. The Morgan fingerprint density at radius 3 is 2.82 bits per heavy atom. The van der Waals surface area contributed by atoms with Crippen molar-refractivity contribution in [3.05, 3.63) is 41.7 Å². The second-order valence-corrected chi connectivity index (χ2v) is 6.15. The fraction of sp³-hybridized carbons (Fsp3) is 0.267. The SMILES string of the molecule is Cc1c(C(C)NC(=O)Nc2nc3ccccc3s2)cnn1C. The second kappa shape index (κ2) is 5.76. The van der Waals surface area contributed by atoms with Crippen LogP contribution in [0.15, 0.2) is 30.5 Å². The van der Waals surface area contributed by atoms with Crippen molar-refractivity contribution in [3.8, 4) is 0 Å². The number of amides is 2. The van der Waals surface area contributed by atoms with Crippen molar-refractivity contribution in [2.24, 2.45) is 7.05 Å². The smallest absolute Gasteiger partial charge is 0.321 e. The van der Waals surface area contributed by atoms with Crippen LogP contribution in [0.1, 0.15) is 24.2 Å².